The normalized spacial score (nSPS) is 10.8. The summed E-state index contributed by atoms with van der Waals surface area (Å²) in [7, 11) is 0. The fourth-order valence-electron chi connectivity index (χ4n) is 2.42. The van der Waals surface area contributed by atoms with Gasteiger partial charge < -0.3 is 4.74 Å². The molecule has 0 aliphatic carbocycles. The minimum atomic E-state index is -0.389. The topological polar surface area (TPSA) is 56.5 Å². The van der Waals surface area contributed by atoms with E-state index in [2.05, 4.69) is 22.2 Å². The van der Waals surface area contributed by atoms with Crippen molar-refractivity contribution in [3.8, 4) is 0 Å². The number of fused-ring (bicyclic) bond motifs is 1. The number of benzene rings is 1. The van der Waals surface area contributed by atoms with Gasteiger partial charge in [0.05, 0.1) is 12.8 Å². The molecule has 0 aliphatic rings. The van der Waals surface area contributed by atoms with Crippen LogP contribution in [0.4, 0.5) is 0 Å². The fraction of sp³-hybridized carbons (Fsp3) is 0.235. The first-order valence-corrected chi connectivity index (χ1v) is 7.24. The van der Waals surface area contributed by atoms with Gasteiger partial charge in [0.25, 0.3) is 0 Å². The van der Waals surface area contributed by atoms with E-state index in [9.17, 15) is 4.79 Å². The van der Waals surface area contributed by atoms with Gasteiger partial charge in [0.15, 0.2) is 5.65 Å². The van der Waals surface area contributed by atoms with Crippen LogP contribution in [0.5, 0.6) is 0 Å². The number of nitrogens with zero attached hydrogens (tertiary/aromatic N) is 3. The van der Waals surface area contributed by atoms with E-state index in [0.29, 0.717) is 17.8 Å². The molecular weight excluding hydrogens is 278 g/mol. The van der Waals surface area contributed by atoms with E-state index in [1.807, 2.05) is 31.3 Å². The molecule has 0 N–H and O–H groups in total. The number of rotatable bonds is 4. The molecule has 0 saturated heterocycles. The molecule has 22 heavy (non-hydrogen) atoms. The van der Waals surface area contributed by atoms with Gasteiger partial charge >= 0.3 is 5.97 Å². The van der Waals surface area contributed by atoms with Gasteiger partial charge in [0.2, 0.25) is 0 Å². The van der Waals surface area contributed by atoms with Crippen LogP contribution in [-0.2, 0) is 11.2 Å². The predicted molar refractivity (Wildman–Crippen MR) is 82.9 cm³/mol. The van der Waals surface area contributed by atoms with Crippen LogP contribution in [0.3, 0.4) is 0 Å². The van der Waals surface area contributed by atoms with Crippen molar-refractivity contribution < 1.29 is 9.53 Å². The van der Waals surface area contributed by atoms with Gasteiger partial charge in [0, 0.05) is 18.3 Å². The molecular formula is C17H17N3O2. The second kappa shape index (κ2) is 5.97. The van der Waals surface area contributed by atoms with Crippen molar-refractivity contribution in [3.05, 3.63) is 65.1 Å². The summed E-state index contributed by atoms with van der Waals surface area (Å²) < 4.78 is 6.73. The second-order valence-corrected chi connectivity index (χ2v) is 5.05. The molecule has 112 valence electrons. The smallest absolute Gasteiger partial charge is 0.343 e. The first-order valence-electron chi connectivity index (χ1n) is 7.24. The third-order valence-electron chi connectivity index (χ3n) is 3.60. The lowest BCUT2D eigenvalue weighted by atomic mass is 10.1. The van der Waals surface area contributed by atoms with E-state index in [0.717, 1.165) is 17.7 Å². The van der Waals surface area contributed by atoms with E-state index in [1.54, 1.807) is 11.4 Å². The number of aromatic nitrogens is 3. The highest BCUT2D eigenvalue weighted by atomic mass is 16.5. The Kier molecular flexibility index (Phi) is 3.87. The van der Waals surface area contributed by atoms with E-state index in [1.165, 1.54) is 11.8 Å². The molecule has 3 rings (SSSR count). The number of carbonyl (C=O) groups excluding carboxylic acids is 1. The Morgan fingerprint density at radius 2 is 2.00 bits per heavy atom. The highest BCUT2D eigenvalue weighted by Gasteiger charge is 2.17. The van der Waals surface area contributed by atoms with Crippen molar-refractivity contribution in [2.24, 2.45) is 0 Å². The Hall–Kier alpha value is -2.69. The Morgan fingerprint density at radius 3 is 2.73 bits per heavy atom. The molecule has 2 heterocycles. The monoisotopic (exact) mass is 295 g/mol. The molecule has 0 bridgehead atoms. The molecule has 2 aromatic heterocycles. The summed E-state index contributed by atoms with van der Waals surface area (Å²) >= 11 is 0. The number of carbonyl (C=O) groups is 1. The molecule has 0 spiro atoms. The molecule has 5 heteroatoms. The van der Waals surface area contributed by atoms with E-state index < -0.39 is 0 Å². The molecule has 3 aromatic rings. The van der Waals surface area contributed by atoms with Crippen LogP contribution in [0, 0.1) is 6.92 Å². The molecule has 0 radical (unpaired) electrons. The number of esters is 1. The molecule has 0 amide bonds. The minimum absolute atomic E-state index is 0.335. The van der Waals surface area contributed by atoms with E-state index in [4.69, 9.17) is 4.74 Å². The zero-order valence-electron chi connectivity index (χ0n) is 12.6. The van der Waals surface area contributed by atoms with Crippen LogP contribution in [0.1, 0.15) is 34.1 Å². The Balaban J connectivity index is 1.99. The van der Waals surface area contributed by atoms with Gasteiger partial charge in [0.1, 0.15) is 5.56 Å². The number of hydrogen-bond acceptors (Lipinski definition) is 4. The Labute approximate surface area is 128 Å². The SMILES string of the molecule is CCOC(=O)c1cnn2c(C)c(Cc3ccccc3)cnc12. The van der Waals surface area contributed by atoms with Gasteiger partial charge in [-0.15, -0.1) is 0 Å². The van der Waals surface area contributed by atoms with Crippen molar-refractivity contribution in [1.82, 2.24) is 14.6 Å². The maximum Gasteiger partial charge on any atom is 0.343 e. The van der Waals surface area contributed by atoms with Gasteiger partial charge in [-0.2, -0.15) is 5.10 Å². The molecule has 0 atom stereocenters. The largest absolute Gasteiger partial charge is 0.462 e. The maximum absolute atomic E-state index is 11.9. The quantitative estimate of drug-likeness (QED) is 0.694. The molecule has 5 nitrogen and oxygen atoms in total. The molecule has 0 saturated carbocycles. The highest BCUT2D eigenvalue weighted by molar-refractivity contribution is 5.95. The van der Waals surface area contributed by atoms with Crippen LogP contribution < -0.4 is 0 Å². The summed E-state index contributed by atoms with van der Waals surface area (Å²) in [4.78, 5) is 16.3. The lowest BCUT2D eigenvalue weighted by molar-refractivity contribution is 0.0528. The van der Waals surface area contributed by atoms with E-state index in [-0.39, 0.29) is 5.97 Å². The van der Waals surface area contributed by atoms with Gasteiger partial charge in [-0.05, 0) is 25.0 Å². The zero-order valence-corrected chi connectivity index (χ0v) is 12.6. The summed E-state index contributed by atoms with van der Waals surface area (Å²) in [6.07, 6.45) is 4.10. The first kappa shape index (κ1) is 14.3. The van der Waals surface area contributed by atoms with Crippen LogP contribution >= 0.6 is 0 Å². The Morgan fingerprint density at radius 1 is 1.23 bits per heavy atom. The summed E-state index contributed by atoms with van der Waals surface area (Å²) in [5, 5.41) is 4.28. The summed E-state index contributed by atoms with van der Waals surface area (Å²) in [6.45, 7) is 4.09. The van der Waals surface area contributed by atoms with Gasteiger partial charge in [-0.3, -0.25) is 0 Å². The van der Waals surface area contributed by atoms with Crippen LogP contribution in [0.2, 0.25) is 0 Å². The summed E-state index contributed by atoms with van der Waals surface area (Å²) in [6, 6.07) is 10.2. The van der Waals surface area contributed by atoms with Crippen molar-refractivity contribution in [3.63, 3.8) is 0 Å². The van der Waals surface area contributed by atoms with Crippen LogP contribution in [-0.4, -0.2) is 27.2 Å². The molecule has 1 aromatic carbocycles. The average molecular weight is 295 g/mol. The fourth-order valence-corrected chi connectivity index (χ4v) is 2.42. The molecule has 0 unspecified atom stereocenters. The van der Waals surface area contributed by atoms with Crippen LogP contribution in [0.15, 0.2) is 42.7 Å². The lowest BCUT2D eigenvalue weighted by Gasteiger charge is -2.08. The maximum atomic E-state index is 11.9. The van der Waals surface area contributed by atoms with Crippen molar-refractivity contribution >= 4 is 11.6 Å². The van der Waals surface area contributed by atoms with Gasteiger partial charge in [-0.1, -0.05) is 30.3 Å². The molecule has 0 fully saturated rings. The van der Waals surface area contributed by atoms with E-state index >= 15 is 0 Å². The number of ether oxygens (including phenoxy) is 1. The average Bonchev–Trinajstić information content (AvgIpc) is 2.96. The first-order chi connectivity index (χ1) is 10.7. The number of hydrogen-bond donors (Lipinski definition) is 0. The Bertz CT molecular complexity index is 809. The standard InChI is InChI=1S/C17H17N3O2/c1-3-22-17(21)15-11-19-20-12(2)14(10-18-16(15)20)9-13-7-5-4-6-8-13/h4-8,10-11H,3,9H2,1-2H3. The lowest BCUT2D eigenvalue weighted by Crippen LogP contribution is -2.07. The van der Waals surface area contributed by atoms with Crippen LogP contribution in [0.25, 0.3) is 5.65 Å². The predicted octanol–water partition coefficient (Wildman–Crippen LogP) is 2.81. The highest BCUT2D eigenvalue weighted by Crippen LogP contribution is 2.17. The van der Waals surface area contributed by atoms with Crippen molar-refractivity contribution in [1.29, 1.82) is 0 Å². The zero-order chi connectivity index (χ0) is 15.5. The number of aryl methyl sites for hydroxylation is 1. The summed E-state index contributed by atoms with van der Waals surface area (Å²) in [5.41, 5.74) is 4.20. The van der Waals surface area contributed by atoms with Crippen molar-refractivity contribution in [2.45, 2.75) is 20.3 Å². The third kappa shape index (κ3) is 2.57. The minimum Gasteiger partial charge on any atom is -0.462 e. The summed E-state index contributed by atoms with van der Waals surface area (Å²) in [5.74, 6) is -0.389. The second-order valence-electron chi connectivity index (χ2n) is 5.05. The van der Waals surface area contributed by atoms with Crippen molar-refractivity contribution in [2.75, 3.05) is 6.61 Å². The van der Waals surface area contributed by atoms with Gasteiger partial charge in [-0.25, -0.2) is 14.3 Å². The molecule has 0 aliphatic heterocycles. The third-order valence-corrected chi connectivity index (χ3v) is 3.60.